The number of rotatable bonds is 4. The number of para-hydroxylation sites is 2. The van der Waals surface area contributed by atoms with Crippen LogP contribution in [-0.2, 0) is 13.0 Å². The lowest BCUT2D eigenvalue weighted by Crippen LogP contribution is -2.09. The summed E-state index contributed by atoms with van der Waals surface area (Å²) in [4.78, 5) is 4.64. The number of aromatic nitrogens is 2. The number of aryl methyl sites for hydroxylation is 1. The Balaban J connectivity index is 2.48. The van der Waals surface area contributed by atoms with Crippen LogP contribution in [0.2, 0.25) is 0 Å². The van der Waals surface area contributed by atoms with Crippen LogP contribution >= 0.6 is 0 Å². The largest absolute Gasteiger partial charge is 0.327 e. The Labute approximate surface area is 102 Å². The van der Waals surface area contributed by atoms with Crippen molar-refractivity contribution in [3.05, 3.63) is 30.1 Å². The highest BCUT2D eigenvalue weighted by molar-refractivity contribution is 5.75. The second-order valence-electron chi connectivity index (χ2n) is 4.41. The molecule has 0 saturated heterocycles. The van der Waals surface area contributed by atoms with E-state index < -0.39 is 0 Å². The maximum atomic E-state index is 8.94. The van der Waals surface area contributed by atoms with Gasteiger partial charge in [0.25, 0.3) is 0 Å². The third kappa shape index (κ3) is 2.31. The zero-order chi connectivity index (χ0) is 12.3. The first-order valence-electron chi connectivity index (χ1n) is 6.10. The molecule has 0 spiro atoms. The summed E-state index contributed by atoms with van der Waals surface area (Å²) in [5.41, 5.74) is 2.17. The fourth-order valence-electron chi connectivity index (χ4n) is 2.06. The van der Waals surface area contributed by atoms with Crippen molar-refractivity contribution in [1.29, 1.82) is 5.26 Å². The molecule has 1 heterocycles. The average Bonchev–Trinajstić information content (AvgIpc) is 2.68. The van der Waals surface area contributed by atoms with Crippen LogP contribution in [0.3, 0.4) is 0 Å². The quantitative estimate of drug-likeness (QED) is 0.805. The van der Waals surface area contributed by atoms with Gasteiger partial charge in [-0.3, -0.25) is 0 Å². The Hall–Kier alpha value is -1.82. The fourth-order valence-corrected chi connectivity index (χ4v) is 2.06. The van der Waals surface area contributed by atoms with E-state index in [4.69, 9.17) is 5.26 Å². The summed E-state index contributed by atoms with van der Waals surface area (Å²) >= 11 is 0. The lowest BCUT2D eigenvalue weighted by molar-refractivity contribution is 0.566. The maximum Gasteiger partial charge on any atom is 0.109 e. The zero-order valence-corrected chi connectivity index (χ0v) is 10.3. The van der Waals surface area contributed by atoms with Crippen LogP contribution in [0.5, 0.6) is 0 Å². The molecule has 0 radical (unpaired) electrons. The van der Waals surface area contributed by atoms with Crippen molar-refractivity contribution in [3.8, 4) is 6.07 Å². The summed E-state index contributed by atoms with van der Waals surface area (Å²) in [5, 5.41) is 8.94. The molecule has 3 heteroatoms. The third-order valence-electron chi connectivity index (χ3n) is 2.88. The number of imidazole rings is 1. The highest BCUT2D eigenvalue weighted by Gasteiger charge is 2.11. The summed E-state index contributed by atoms with van der Waals surface area (Å²) in [5.74, 6) is 1.11. The highest BCUT2D eigenvalue weighted by Crippen LogP contribution is 2.18. The van der Waals surface area contributed by atoms with E-state index in [0.717, 1.165) is 36.2 Å². The molecule has 1 aromatic heterocycles. The minimum atomic E-state index is 0.0169. The van der Waals surface area contributed by atoms with Gasteiger partial charge in [-0.1, -0.05) is 19.1 Å². The molecule has 1 atom stereocenters. The summed E-state index contributed by atoms with van der Waals surface area (Å²) < 4.78 is 2.19. The first-order valence-corrected chi connectivity index (χ1v) is 6.10. The van der Waals surface area contributed by atoms with Gasteiger partial charge in [-0.05, 0) is 25.5 Å². The normalized spacial score (nSPS) is 12.5. The molecule has 17 heavy (non-hydrogen) atoms. The van der Waals surface area contributed by atoms with Gasteiger partial charge in [-0.15, -0.1) is 0 Å². The molecule has 88 valence electrons. The van der Waals surface area contributed by atoms with Crippen LogP contribution in [-0.4, -0.2) is 9.55 Å². The number of benzene rings is 1. The SMILES string of the molecule is CCCc1nc2ccccc2n1CC(C)C#N. The molecule has 0 amide bonds. The molecular formula is C14H17N3. The van der Waals surface area contributed by atoms with Gasteiger partial charge >= 0.3 is 0 Å². The molecule has 0 aliphatic heterocycles. The Morgan fingerprint density at radius 3 is 2.88 bits per heavy atom. The Kier molecular flexibility index (Phi) is 3.43. The topological polar surface area (TPSA) is 41.6 Å². The fraction of sp³-hybridized carbons (Fsp3) is 0.429. The average molecular weight is 227 g/mol. The molecule has 0 aliphatic rings. The van der Waals surface area contributed by atoms with Crippen molar-refractivity contribution in [2.24, 2.45) is 5.92 Å². The van der Waals surface area contributed by atoms with Gasteiger partial charge in [0, 0.05) is 13.0 Å². The van der Waals surface area contributed by atoms with Crippen LogP contribution < -0.4 is 0 Å². The standard InChI is InChI=1S/C14H17N3/c1-3-6-14-16-12-7-4-5-8-13(12)17(14)10-11(2)9-15/h4-5,7-8,11H,3,6,10H2,1-2H3. The number of fused-ring (bicyclic) bond motifs is 1. The summed E-state index contributed by atoms with van der Waals surface area (Å²) in [6, 6.07) is 10.4. The van der Waals surface area contributed by atoms with Crippen LogP contribution in [0.4, 0.5) is 0 Å². The molecule has 0 aliphatic carbocycles. The summed E-state index contributed by atoms with van der Waals surface area (Å²) in [7, 11) is 0. The summed E-state index contributed by atoms with van der Waals surface area (Å²) in [6.45, 7) is 4.83. The van der Waals surface area contributed by atoms with Crippen molar-refractivity contribution in [1.82, 2.24) is 9.55 Å². The van der Waals surface area contributed by atoms with Crippen LogP contribution in [0, 0.1) is 17.2 Å². The molecule has 0 N–H and O–H groups in total. The van der Waals surface area contributed by atoms with Crippen LogP contribution in [0.25, 0.3) is 11.0 Å². The number of hydrogen-bond donors (Lipinski definition) is 0. The lowest BCUT2D eigenvalue weighted by atomic mass is 10.2. The molecule has 0 bridgehead atoms. The first kappa shape index (κ1) is 11.7. The first-order chi connectivity index (χ1) is 8.26. The van der Waals surface area contributed by atoms with Crippen molar-refractivity contribution < 1.29 is 0 Å². The van der Waals surface area contributed by atoms with Gasteiger partial charge in [-0.25, -0.2) is 4.98 Å². The molecule has 1 unspecified atom stereocenters. The van der Waals surface area contributed by atoms with Gasteiger partial charge in [0.1, 0.15) is 5.82 Å². The summed E-state index contributed by atoms with van der Waals surface area (Å²) in [6.07, 6.45) is 2.04. The Morgan fingerprint density at radius 1 is 1.41 bits per heavy atom. The number of hydrogen-bond acceptors (Lipinski definition) is 2. The van der Waals surface area contributed by atoms with E-state index in [1.165, 1.54) is 0 Å². The number of nitrogens with zero attached hydrogens (tertiary/aromatic N) is 3. The van der Waals surface area contributed by atoms with Crippen molar-refractivity contribution in [3.63, 3.8) is 0 Å². The molecule has 2 rings (SSSR count). The number of nitriles is 1. The van der Waals surface area contributed by atoms with Gasteiger partial charge in [0.05, 0.1) is 23.0 Å². The Morgan fingerprint density at radius 2 is 2.18 bits per heavy atom. The third-order valence-corrected chi connectivity index (χ3v) is 2.88. The highest BCUT2D eigenvalue weighted by atomic mass is 15.1. The van der Waals surface area contributed by atoms with E-state index in [0.29, 0.717) is 0 Å². The molecule has 3 nitrogen and oxygen atoms in total. The molecule has 2 aromatic rings. The van der Waals surface area contributed by atoms with Crippen molar-refractivity contribution >= 4 is 11.0 Å². The van der Waals surface area contributed by atoms with Crippen molar-refractivity contribution in [2.75, 3.05) is 0 Å². The predicted octanol–water partition coefficient (Wildman–Crippen LogP) is 3.15. The zero-order valence-electron chi connectivity index (χ0n) is 10.3. The predicted molar refractivity (Wildman–Crippen MR) is 68.5 cm³/mol. The van der Waals surface area contributed by atoms with E-state index in [9.17, 15) is 0 Å². The minimum Gasteiger partial charge on any atom is -0.327 e. The maximum absolute atomic E-state index is 8.94. The lowest BCUT2D eigenvalue weighted by Gasteiger charge is -2.09. The van der Waals surface area contributed by atoms with E-state index >= 15 is 0 Å². The van der Waals surface area contributed by atoms with Gasteiger partial charge in [-0.2, -0.15) is 5.26 Å². The van der Waals surface area contributed by atoms with Gasteiger partial charge in [0.15, 0.2) is 0 Å². The van der Waals surface area contributed by atoms with Crippen LogP contribution in [0.1, 0.15) is 26.1 Å². The monoisotopic (exact) mass is 227 g/mol. The van der Waals surface area contributed by atoms with Crippen molar-refractivity contribution in [2.45, 2.75) is 33.2 Å². The van der Waals surface area contributed by atoms with E-state index in [-0.39, 0.29) is 5.92 Å². The molecule has 1 aromatic carbocycles. The van der Waals surface area contributed by atoms with E-state index in [1.54, 1.807) is 0 Å². The molecule has 0 fully saturated rings. The van der Waals surface area contributed by atoms with E-state index in [2.05, 4.69) is 28.6 Å². The second-order valence-corrected chi connectivity index (χ2v) is 4.41. The van der Waals surface area contributed by atoms with Gasteiger partial charge < -0.3 is 4.57 Å². The van der Waals surface area contributed by atoms with Gasteiger partial charge in [0.2, 0.25) is 0 Å². The second kappa shape index (κ2) is 5.01. The molecular weight excluding hydrogens is 210 g/mol. The smallest absolute Gasteiger partial charge is 0.109 e. The minimum absolute atomic E-state index is 0.0169. The van der Waals surface area contributed by atoms with Crippen LogP contribution in [0.15, 0.2) is 24.3 Å². The Bertz CT molecular complexity index is 548. The molecule has 0 saturated carbocycles. The van der Waals surface area contributed by atoms with E-state index in [1.807, 2.05) is 25.1 Å².